The molecule has 0 aliphatic carbocycles. The van der Waals surface area contributed by atoms with Crippen molar-refractivity contribution in [3.8, 4) is 0 Å². The molecule has 2 aromatic heterocycles. The van der Waals surface area contributed by atoms with E-state index in [-0.39, 0.29) is 5.95 Å². The molecule has 0 bridgehead atoms. The highest BCUT2D eigenvalue weighted by Crippen LogP contribution is 2.23. The lowest BCUT2D eigenvalue weighted by atomic mass is 10.2. The van der Waals surface area contributed by atoms with E-state index in [1.54, 1.807) is 13.3 Å². The van der Waals surface area contributed by atoms with Crippen LogP contribution < -0.4 is 11.1 Å². The van der Waals surface area contributed by atoms with Gasteiger partial charge in [-0.05, 0) is 17.7 Å². The second kappa shape index (κ2) is 5.14. The minimum absolute atomic E-state index is 0.192. The second-order valence-corrected chi connectivity index (χ2v) is 4.32. The van der Waals surface area contributed by atoms with Crippen molar-refractivity contribution in [1.29, 1.82) is 0 Å². The van der Waals surface area contributed by atoms with E-state index in [0.717, 1.165) is 16.6 Å². The van der Waals surface area contributed by atoms with Crippen LogP contribution in [0.2, 0.25) is 0 Å². The molecule has 4 N–H and O–H groups in total. The third-order valence-electron chi connectivity index (χ3n) is 2.83. The van der Waals surface area contributed by atoms with E-state index in [1.165, 1.54) is 0 Å². The van der Waals surface area contributed by atoms with Gasteiger partial charge < -0.3 is 15.8 Å². The zero-order chi connectivity index (χ0) is 13.9. The number of aromatic amines is 1. The number of methoxy groups -OCH3 is 1. The third kappa shape index (κ3) is 2.39. The fraction of sp³-hybridized carbons (Fsp3) is 0.154. The first-order valence-corrected chi connectivity index (χ1v) is 6.08. The van der Waals surface area contributed by atoms with Crippen LogP contribution in [0.15, 0.2) is 30.5 Å². The molecule has 3 rings (SSSR count). The monoisotopic (exact) mass is 270 g/mol. The summed E-state index contributed by atoms with van der Waals surface area (Å²) in [6.07, 6.45) is 1.66. The summed E-state index contributed by atoms with van der Waals surface area (Å²) in [5.41, 5.74) is 8.26. The Morgan fingerprint density at radius 1 is 1.35 bits per heavy atom. The lowest BCUT2D eigenvalue weighted by Gasteiger charge is -2.08. The van der Waals surface area contributed by atoms with Crippen molar-refractivity contribution in [1.82, 2.24) is 20.2 Å². The highest BCUT2D eigenvalue weighted by atomic mass is 16.5. The molecule has 0 saturated carbocycles. The minimum atomic E-state index is 0.192. The normalized spacial score (nSPS) is 10.8. The average molecular weight is 270 g/mol. The van der Waals surface area contributed by atoms with Crippen LogP contribution in [0.4, 0.5) is 17.5 Å². The van der Waals surface area contributed by atoms with E-state index in [1.807, 2.05) is 24.3 Å². The van der Waals surface area contributed by atoms with E-state index in [4.69, 9.17) is 10.5 Å². The Bertz CT molecular complexity index is 739. The highest BCUT2D eigenvalue weighted by Gasteiger charge is 2.08. The first-order valence-electron chi connectivity index (χ1n) is 6.08. The molecule has 20 heavy (non-hydrogen) atoms. The van der Waals surface area contributed by atoms with E-state index in [2.05, 4.69) is 25.5 Å². The summed E-state index contributed by atoms with van der Waals surface area (Å²) in [5.74, 6) is 0.813. The summed E-state index contributed by atoms with van der Waals surface area (Å²) in [7, 11) is 1.67. The predicted octanol–water partition coefficient (Wildman–Crippen LogP) is 1.83. The standard InChI is InChI=1S/C13H14N6O/c1-20-7-8-3-2-4-9(5-8)16-11-10-6-15-19-12(10)18-13(14)17-11/h2-6H,7H2,1H3,(H4,14,15,16,17,18,19). The number of nitrogens with two attached hydrogens (primary N) is 1. The van der Waals surface area contributed by atoms with Gasteiger partial charge in [0.05, 0.1) is 18.2 Å². The summed E-state index contributed by atoms with van der Waals surface area (Å²) in [5, 5.41) is 10.7. The van der Waals surface area contributed by atoms with E-state index < -0.39 is 0 Å². The van der Waals surface area contributed by atoms with Crippen molar-refractivity contribution in [3.05, 3.63) is 36.0 Å². The van der Waals surface area contributed by atoms with Gasteiger partial charge in [-0.3, -0.25) is 5.10 Å². The number of fused-ring (bicyclic) bond motifs is 1. The summed E-state index contributed by atoms with van der Waals surface area (Å²) >= 11 is 0. The fourth-order valence-electron chi connectivity index (χ4n) is 1.99. The van der Waals surface area contributed by atoms with E-state index >= 15 is 0 Å². The third-order valence-corrected chi connectivity index (χ3v) is 2.83. The van der Waals surface area contributed by atoms with Crippen LogP contribution in [0, 0.1) is 0 Å². The van der Waals surface area contributed by atoms with Gasteiger partial charge in [0.1, 0.15) is 5.82 Å². The number of rotatable bonds is 4. The van der Waals surface area contributed by atoms with Crippen molar-refractivity contribution < 1.29 is 4.74 Å². The van der Waals surface area contributed by atoms with Gasteiger partial charge in [-0.1, -0.05) is 12.1 Å². The first-order chi connectivity index (χ1) is 9.76. The van der Waals surface area contributed by atoms with Crippen LogP contribution in [-0.2, 0) is 11.3 Å². The number of anilines is 3. The quantitative estimate of drug-likeness (QED) is 0.668. The topological polar surface area (TPSA) is 102 Å². The van der Waals surface area contributed by atoms with E-state index in [9.17, 15) is 0 Å². The number of hydrogen-bond acceptors (Lipinski definition) is 6. The Labute approximate surface area is 115 Å². The number of ether oxygens (including phenoxy) is 1. The zero-order valence-corrected chi connectivity index (χ0v) is 10.9. The molecule has 0 aliphatic rings. The van der Waals surface area contributed by atoms with Gasteiger partial charge >= 0.3 is 0 Å². The Kier molecular flexibility index (Phi) is 3.18. The van der Waals surface area contributed by atoms with Gasteiger partial charge in [-0.25, -0.2) is 0 Å². The number of aromatic nitrogens is 4. The molecule has 0 atom stereocenters. The number of H-pyrrole nitrogens is 1. The Balaban J connectivity index is 1.96. The molecule has 3 aromatic rings. The number of nitrogen functional groups attached to an aromatic ring is 1. The summed E-state index contributed by atoms with van der Waals surface area (Å²) in [6.45, 7) is 0.558. The van der Waals surface area contributed by atoms with Crippen molar-refractivity contribution in [2.45, 2.75) is 6.61 Å². The van der Waals surface area contributed by atoms with Crippen molar-refractivity contribution in [2.24, 2.45) is 0 Å². The molecule has 1 aromatic carbocycles. The Morgan fingerprint density at radius 3 is 3.10 bits per heavy atom. The maximum Gasteiger partial charge on any atom is 0.224 e. The summed E-state index contributed by atoms with van der Waals surface area (Å²) in [4.78, 5) is 8.28. The highest BCUT2D eigenvalue weighted by molar-refractivity contribution is 5.88. The molecule has 102 valence electrons. The number of hydrogen-bond donors (Lipinski definition) is 3. The molecule has 0 unspecified atom stereocenters. The van der Waals surface area contributed by atoms with Gasteiger partial charge in [0.25, 0.3) is 0 Å². The van der Waals surface area contributed by atoms with Crippen LogP contribution in [0.5, 0.6) is 0 Å². The molecule has 0 spiro atoms. The second-order valence-electron chi connectivity index (χ2n) is 4.32. The smallest absolute Gasteiger partial charge is 0.224 e. The van der Waals surface area contributed by atoms with E-state index in [0.29, 0.717) is 18.1 Å². The maximum absolute atomic E-state index is 5.69. The zero-order valence-electron chi connectivity index (χ0n) is 10.9. The predicted molar refractivity (Wildman–Crippen MR) is 76.5 cm³/mol. The lowest BCUT2D eigenvalue weighted by Crippen LogP contribution is -2.01. The van der Waals surface area contributed by atoms with Gasteiger partial charge in [0.15, 0.2) is 5.65 Å². The van der Waals surface area contributed by atoms with Gasteiger partial charge in [-0.2, -0.15) is 15.1 Å². The molecule has 0 saturated heterocycles. The SMILES string of the molecule is COCc1cccc(Nc2nc(N)nc3[nH]ncc23)c1. The van der Waals surface area contributed by atoms with Crippen LogP contribution in [0.25, 0.3) is 11.0 Å². The molecule has 0 fully saturated rings. The number of benzene rings is 1. The van der Waals surface area contributed by atoms with Crippen LogP contribution >= 0.6 is 0 Å². The number of nitrogens with zero attached hydrogens (tertiary/aromatic N) is 3. The Hall–Kier alpha value is -2.67. The molecular formula is C13H14N6O. The first kappa shape index (κ1) is 12.4. The van der Waals surface area contributed by atoms with Gasteiger partial charge in [-0.15, -0.1) is 0 Å². The van der Waals surface area contributed by atoms with Crippen molar-refractivity contribution in [2.75, 3.05) is 18.2 Å². The van der Waals surface area contributed by atoms with Gasteiger partial charge in [0, 0.05) is 12.8 Å². The molecule has 0 radical (unpaired) electrons. The molecule has 7 nitrogen and oxygen atoms in total. The number of nitrogens with one attached hydrogen (secondary N) is 2. The van der Waals surface area contributed by atoms with Crippen molar-refractivity contribution >= 4 is 28.5 Å². The van der Waals surface area contributed by atoms with Gasteiger partial charge in [0.2, 0.25) is 5.95 Å². The lowest BCUT2D eigenvalue weighted by molar-refractivity contribution is 0.185. The van der Waals surface area contributed by atoms with Crippen LogP contribution in [-0.4, -0.2) is 27.3 Å². The Morgan fingerprint density at radius 2 is 2.25 bits per heavy atom. The molecule has 7 heteroatoms. The molecule has 0 aliphatic heterocycles. The molecule has 0 amide bonds. The summed E-state index contributed by atoms with van der Waals surface area (Å²) < 4.78 is 5.12. The largest absolute Gasteiger partial charge is 0.380 e. The van der Waals surface area contributed by atoms with Crippen LogP contribution in [0.1, 0.15) is 5.56 Å². The maximum atomic E-state index is 5.69. The fourth-order valence-corrected chi connectivity index (χ4v) is 1.99. The average Bonchev–Trinajstić information content (AvgIpc) is 2.87. The van der Waals surface area contributed by atoms with Crippen LogP contribution in [0.3, 0.4) is 0 Å². The molecule has 2 heterocycles. The molecular weight excluding hydrogens is 256 g/mol. The summed E-state index contributed by atoms with van der Waals surface area (Å²) in [6, 6.07) is 7.89. The minimum Gasteiger partial charge on any atom is -0.380 e. The van der Waals surface area contributed by atoms with Crippen molar-refractivity contribution in [3.63, 3.8) is 0 Å².